The predicted molar refractivity (Wildman–Crippen MR) is 74.2 cm³/mol. The molecule has 1 aliphatic heterocycles. The number of urea groups is 1. The van der Waals surface area contributed by atoms with Crippen LogP contribution in [0.2, 0.25) is 0 Å². The zero-order chi connectivity index (χ0) is 14.8. The molecule has 0 radical (unpaired) electrons. The van der Waals surface area contributed by atoms with Gasteiger partial charge in [0.25, 0.3) is 0 Å². The topological polar surface area (TPSA) is 99.7 Å². The van der Waals surface area contributed by atoms with Crippen molar-refractivity contribution >= 4 is 17.6 Å². The van der Waals surface area contributed by atoms with E-state index in [0.717, 1.165) is 16.3 Å². The van der Waals surface area contributed by atoms with E-state index in [4.69, 9.17) is 5.26 Å². The number of amides is 2. The van der Waals surface area contributed by atoms with Gasteiger partial charge in [0.05, 0.1) is 35.9 Å². The lowest BCUT2D eigenvalue weighted by molar-refractivity contribution is 0.180. The number of nitrogens with zero attached hydrogens (tertiary/aromatic N) is 6. The summed E-state index contributed by atoms with van der Waals surface area (Å²) in [5.41, 5.74) is 2.11. The van der Waals surface area contributed by atoms with Crippen LogP contribution < -0.4 is 5.32 Å². The minimum absolute atomic E-state index is 0.131. The molecular weight excluding hydrogens is 290 g/mol. The molecule has 0 fully saturated rings. The van der Waals surface area contributed by atoms with Crippen LogP contribution in [0.4, 0.5) is 4.79 Å². The van der Waals surface area contributed by atoms with Gasteiger partial charge in [-0.3, -0.25) is 4.68 Å². The van der Waals surface area contributed by atoms with Crippen molar-refractivity contribution in [3.8, 4) is 6.07 Å². The molecule has 0 aliphatic carbocycles. The van der Waals surface area contributed by atoms with Gasteiger partial charge in [-0.15, -0.1) is 5.10 Å². The molecule has 2 aromatic rings. The number of nitriles is 1. The first-order chi connectivity index (χ1) is 10.2. The highest BCUT2D eigenvalue weighted by Gasteiger charge is 2.22. The van der Waals surface area contributed by atoms with E-state index in [9.17, 15) is 4.79 Å². The summed E-state index contributed by atoms with van der Waals surface area (Å²) in [5.74, 6) is 0. The molecule has 0 bridgehead atoms. The van der Waals surface area contributed by atoms with Gasteiger partial charge in [-0.25, -0.2) is 4.79 Å². The molecule has 0 unspecified atom stereocenters. The van der Waals surface area contributed by atoms with Crippen LogP contribution in [0.1, 0.15) is 22.0 Å². The molecule has 21 heavy (non-hydrogen) atoms. The number of aromatic nitrogens is 4. The molecule has 0 saturated heterocycles. The molecule has 8 nitrogen and oxygen atoms in total. The second kappa shape index (κ2) is 5.49. The Hall–Kier alpha value is -2.47. The fraction of sp³-hybridized carbons (Fsp3) is 0.417. The summed E-state index contributed by atoms with van der Waals surface area (Å²) < 4.78 is 5.62. The van der Waals surface area contributed by atoms with Crippen LogP contribution in [0.5, 0.6) is 0 Å². The normalized spacial score (nSPS) is 13.6. The van der Waals surface area contributed by atoms with Crippen molar-refractivity contribution in [3.63, 3.8) is 0 Å². The molecular formula is C12H13N7OS. The Morgan fingerprint density at radius 2 is 2.43 bits per heavy atom. The summed E-state index contributed by atoms with van der Waals surface area (Å²) in [6.07, 6.45) is 0. The standard InChI is InChI=1S/C12H13N7OS/c1-8-11(21-17-15-8)6-14-12(20)18-2-3-19-10(7-18)4-9(5-13)16-19/h4H,2-3,6-7H2,1H3,(H,14,20). The number of rotatable bonds is 2. The lowest BCUT2D eigenvalue weighted by Crippen LogP contribution is -2.43. The van der Waals surface area contributed by atoms with E-state index in [-0.39, 0.29) is 6.03 Å². The predicted octanol–water partition coefficient (Wildman–Crippen LogP) is 0.640. The summed E-state index contributed by atoms with van der Waals surface area (Å²) in [6.45, 7) is 3.94. The Morgan fingerprint density at radius 1 is 1.57 bits per heavy atom. The third kappa shape index (κ3) is 2.71. The van der Waals surface area contributed by atoms with Gasteiger partial charge in [0, 0.05) is 6.54 Å². The highest BCUT2D eigenvalue weighted by atomic mass is 32.1. The maximum absolute atomic E-state index is 12.2. The quantitative estimate of drug-likeness (QED) is 0.877. The SMILES string of the molecule is Cc1nnsc1CNC(=O)N1CCn2nc(C#N)cc2C1. The molecule has 2 aromatic heterocycles. The first-order valence-electron chi connectivity index (χ1n) is 6.45. The van der Waals surface area contributed by atoms with E-state index in [1.54, 1.807) is 15.6 Å². The number of hydrogen-bond donors (Lipinski definition) is 1. The van der Waals surface area contributed by atoms with Gasteiger partial charge in [0.2, 0.25) is 0 Å². The summed E-state index contributed by atoms with van der Waals surface area (Å²) in [6, 6.07) is 3.60. The van der Waals surface area contributed by atoms with Gasteiger partial charge in [0.1, 0.15) is 6.07 Å². The maximum atomic E-state index is 12.2. The smallest absolute Gasteiger partial charge is 0.318 e. The molecule has 1 aliphatic rings. The minimum Gasteiger partial charge on any atom is -0.333 e. The van der Waals surface area contributed by atoms with Gasteiger partial charge in [-0.1, -0.05) is 4.49 Å². The van der Waals surface area contributed by atoms with Crippen LogP contribution in [0, 0.1) is 18.3 Å². The van der Waals surface area contributed by atoms with E-state index in [0.29, 0.717) is 31.9 Å². The molecule has 2 amide bonds. The Labute approximate surface area is 125 Å². The van der Waals surface area contributed by atoms with Crippen LogP contribution in [0.25, 0.3) is 0 Å². The van der Waals surface area contributed by atoms with Crippen molar-refractivity contribution in [2.75, 3.05) is 6.54 Å². The first kappa shape index (κ1) is 13.5. The zero-order valence-electron chi connectivity index (χ0n) is 11.4. The van der Waals surface area contributed by atoms with Crippen molar-refractivity contribution < 1.29 is 4.79 Å². The second-order valence-corrected chi connectivity index (χ2v) is 5.56. The summed E-state index contributed by atoms with van der Waals surface area (Å²) in [5, 5.41) is 19.8. The van der Waals surface area contributed by atoms with Crippen LogP contribution in [0.3, 0.4) is 0 Å². The highest BCUT2D eigenvalue weighted by molar-refractivity contribution is 7.05. The Bertz CT molecular complexity index is 714. The van der Waals surface area contributed by atoms with Gasteiger partial charge in [-0.2, -0.15) is 10.4 Å². The number of carbonyl (C=O) groups excluding carboxylic acids is 1. The highest BCUT2D eigenvalue weighted by Crippen LogP contribution is 2.14. The van der Waals surface area contributed by atoms with E-state index in [1.165, 1.54) is 11.5 Å². The van der Waals surface area contributed by atoms with E-state index < -0.39 is 0 Å². The average molecular weight is 303 g/mol. The maximum Gasteiger partial charge on any atom is 0.318 e. The third-order valence-electron chi connectivity index (χ3n) is 3.35. The fourth-order valence-electron chi connectivity index (χ4n) is 2.18. The molecule has 3 rings (SSSR count). The van der Waals surface area contributed by atoms with Crippen molar-refractivity contribution in [3.05, 3.63) is 28.0 Å². The second-order valence-electron chi connectivity index (χ2n) is 4.72. The monoisotopic (exact) mass is 303 g/mol. The van der Waals surface area contributed by atoms with Crippen molar-refractivity contribution in [2.24, 2.45) is 0 Å². The van der Waals surface area contributed by atoms with Crippen molar-refractivity contribution in [1.82, 2.24) is 29.6 Å². The molecule has 3 heterocycles. The summed E-state index contributed by atoms with van der Waals surface area (Å²) in [4.78, 5) is 14.8. The van der Waals surface area contributed by atoms with Gasteiger partial charge in [0.15, 0.2) is 5.69 Å². The fourth-order valence-corrected chi connectivity index (χ4v) is 2.75. The van der Waals surface area contributed by atoms with E-state index in [1.807, 2.05) is 13.0 Å². The Morgan fingerprint density at radius 3 is 3.14 bits per heavy atom. The molecule has 0 saturated carbocycles. The number of nitrogens with one attached hydrogen (secondary N) is 1. The first-order valence-corrected chi connectivity index (χ1v) is 7.22. The largest absolute Gasteiger partial charge is 0.333 e. The van der Waals surface area contributed by atoms with Crippen LogP contribution in [0.15, 0.2) is 6.07 Å². The Kier molecular flexibility index (Phi) is 3.53. The molecule has 0 atom stereocenters. The minimum atomic E-state index is -0.131. The van der Waals surface area contributed by atoms with E-state index in [2.05, 4.69) is 20.0 Å². The zero-order valence-corrected chi connectivity index (χ0v) is 12.2. The average Bonchev–Trinajstić information content (AvgIpc) is 3.09. The van der Waals surface area contributed by atoms with Crippen molar-refractivity contribution in [2.45, 2.75) is 26.6 Å². The van der Waals surface area contributed by atoms with Crippen LogP contribution in [-0.4, -0.2) is 36.8 Å². The lowest BCUT2D eigenvalue weighted by Gasteiger charge is -2.27. The number of fused-ring (bicyclic) bond motifs is 1. The third-order valence-corrected chi connectivity index (χ3v) is 4.17. The molecule has 0 spiro atoms. The molecule has 9 heteroatoms. The van der Waals surface area contributed by atoms with Crippen molar-refractivity contribution in [1.29, 1.82) is 5.26 Å². The summed E-state index contributed by atoms with van der Waals surface area (Å²) >= 11 is 1.29. The van der Waals surface area contributed by atoms with Crippen LogP contribution >= 0.6 is 11.5 Å². The molecule has 1 N–H and O–H groups in total. The van der Waals surface area contributed by atoms with Gasteiger partial charge < -0.3 is 10.2 Å². The number of aryl methyl sites for hydroxylation is 1. The summed E-state index contributed by atoms with van der Waals surface area (Å²) in [7, 11) is 0. The van der Waals surface area contributed by atoms with Gasteiger partial charge >= 0.3 is 6.03 Å². The van der Waals surface area contributed by atoms with E-state index >= 15 is 0 Å². The van der Waals surface area contributed by atoms with Gasteiger partial charge in [-0.05, 0) is 24.5 Å². The van der Waals surface area contributed by atoms with Crippen LogP contribution in [-0.2, 0) is 19.6 Å². The number of carbonyl (C=O) groups is 1. The number of hydrogen-bond acceptors (Lipinski definition) is 6. The molecule has 108 valence electrons. The Balaban J connectivity index is 1.62. The molecule has 0 aromatic carbocycles. The lowest BCUT2D eigenvalue weighted by atomic mass is 10.3.